The van der Waals surface area contributed by atoms with Crippen molar-refractivity contribution in [1.29, 1.82) is 0 Å². The summed E-state index contributed by atoms with van der Waals surface area (Å²) in [4.78, 5) is 4.36. The first kappa shape index (κ1) is 13.7. The predicted molar refractivity (Wildman–Crippen MR) is 78.9 cm³/mol. The first-order valence-electron chi connectivity index (χ1n) is 6.09. The largest absolute Gasteiger partial charge is 0.481 e. The third-order valence-corrected chi connectivity index (χ3v) is 3.55. The number of nitrogens with one attached hydrogen (secondary N) is 1. The Morgan fingerprint density at radius 2 is 1.89 bits per heavy atom. The highest BCUT2D eigenvalue weighted by atomic mass is 35.5. The van der Waals surface area contributed by atoms with Crippen LogP contribution in [0, 0.1) is 0 Å². The highest BCUT2D eigenvalue weighted by Crippen LogP contribution is 2.27. The molecule has 0 spiro atoms. The van der Waals surface area contributed by atoms with E-state index in [4.69, 9.17) is 16.3 Å². The molecular formula is C15H17ClN2O. The van der Waals surface area contributed by atoms with Gasteiger partial charge in [-0.2, -0.15) is 4.98 Å². The van der Waals surface area contributed by atoms with Crippen LogP contribution in [0.5, 0.6) is 5.88 Å². The van der Waals surface area contributed by atoms with Crippen molar-refractivity contribution in [2.45, 2.75) is 12.5 Å². The van der Waals surface area contributed by atoms with E-state index in [9.17, 15) is 0 Å². The monoisotopic (exact) mass is 276 g/mol. The summed E-state index contributed by atoms with van der Waals surface area (Å²) in [5.74, 6) is 1.76. The summed E-state index contributed by atoms with van der Waals surface area (Å²) >= 11 is 6.15. The van der Waals surface area contributed by atoms with Gasteiger partial charge in [0.05, 0.1) is 12.6 Å². The average molecular weight is 277 g/mol. The number of hydrogen-bond donors (Lipinski definition) is 1. The van der Waals surface area contributed by atoms with Crippen LogP contribution in [0.15, 0.2) is 48.5 Å². The van der Waals surface area contributed by atoms with E-state index in [1.807, 2.05) is 36.4 Å². The summed E-state index contributed by atoms with van der Waals surface area (Å²) in [5.41, 5.74) is 0.747. The third kappa shape index (κ3) is 3.18. The van der Waals surface area contributed by atoms with E-state index in [2.05, 4.69) is 29.4 Å². The second kappa shape index (κ2) is 5.93. The molecule has 2 aromatic rings. The van der Waals surface area contributed by atoms with Crippen LogP contribution in [0.1, 0.15) is 12.5 Å². The number of rotatable bonds is 5. The molecule has 0 amide bonds. The number of hydrogen-bond acceptors (Lipinski definition) is 3. The molecule has 2 rings (SSSR count). The number of benzene rings is 1. The fourth-order valence-corrected chi connectivity index (χ4v) is 2.09. The van der Waals surface area contributed by atoms with Crippen molar-refractivity contribution in [3.8, 4) is 5.88 Å². The number of anilines is 1. The first-order chi connectivity index (χ1) is 9.18. The van der Waals surface area contributed by atoms with Gasteiger partial charge < -0.3 is 10.1 Å². The van der Waals surface area contributed by atoms with Gasteiger partial charge in [-0.25, -0.2) is 0 Å². The van der Waals surface area contributed by atoms with E-state index in [1.165, 1.54) is 0 Å². The minimum absolute atomic E-state index is 0.373. The fraction of sp³-hybridized carbons (Fsp3) is 0.267. The average Bonchev–Trinajstić information content (AvgIpc) is 2.48. The van der Waals surface area contributed by atoms with Crippen molar-refractivity contribution in [2.24, 2.45) is 0 Å². The Hall–Kier alpha value is -1.74. The number of pyridine rings is 1. The van der Waals surface area contributed by atoms with Gasteiger partial charge in [-0.05, 0) is 18.6 Å². The third-order valence-electron chi connectivity index (χ3n) is 3.01. The van der Waals surface area contributed by atoms with Gasteiger partial charge >= 0.3 is 0 Å². The molecule has 0 fully saturated rings. The van der Waals surface area contributed by atoms with E-state index < -0.39 is 0 Å². The molecule has 0 bridgehead atoms. The molecule has 1 aromatic heterocycles. The molecule has 1 heterocycles. The molecule has 1 aromatic carbocycles. The first-order valence-corrected chi connectivity index (χ1v) is 6.62. The van der Waals surface area contributed by atoms with Crippen LogP contribution in [-0.2, 0) is 5.54 Å². The molecule has 0 saturated heterocycles. The van der Waals surface area contributed by atoms with Gasteiger partial charge in [-0.1, -0.05) is 36.4 Å². The molecule has 4 heteroatoms. The van der Waals surface area contributed by atoms with Crippen molar-refractivity contribution in [3.05, 3.63) is 54.1 Å². The van der Waals surface area contributed by atoms with Gasteiger partial charge in [-0.15, -0.1) is 11.6 Å². The topological polar surface area (TPSA) is 34.1 Å². The lowest BCUT2D eigenvalue weighted by Gasteiger charge is -2.30. The Balaban J connectivity index is 2.27. The van der Waals surface area contributed by atoms with Gasteiger partial charge in [0.2, 0.25) is 5.88 Å². The van der Waals surface area contributed by atoms with Crippen LogP contribution in [0.2, 0.25) is 0 Å². The number of ether oxygens (including phenoxy) is 1. The Bertz CT molecular complexity index is 533. The minimum Gasteiger partial charge on any atom is -0.481 e. The lowest BCUT2D eigenvalue weighted by molar-refractivity contribution is 0.398. The molecule has 100 valence electrons. The van der Waals surface area contributed by atoms with Crippen LogP contribution >= 0.6 is 11.6 Å². The zero-order chi connectivity index (χ0) is 13.7. The van der Waals surface area contributed by atoms with Crippen LogP contribution in [0.3, 0.4) is 0 Å². The lowest BCUT2D eigenvalue weighted by Crippen LogP contribution is -2.34. The van der Waals surface area contributed by atoms with Crippen molar-refractivity contribution >= 4 is 17.4 Å². The second-order valence-electron chi connectivity index (χ2n) is 4.52. The molecule has 3 nitrogen and oxygen atoms in total. The predicted octanol–water partition coefficient (Wildman–Crippen LogP) is 3.66. The van der Waals surface area contributed by atoms with Crippen molar-refractivity contribution in [2.75, 3.05) is 18.3 Å². The number of aromatic nitrogens is 1. The standard InChI is InChI=1S/C15H17ClN2O/c1-15(11-16,12-7-4-3-5-8-12)18-13-9-6-10-14(17-13)19-2/h3-10H,11H2,1-2H3,(H,17,18). The van der Waals surface area contributed by atoms with Crippen LogP contribution < -0.4 is 10.1 Å². The normalized spacial score (nSPS) is 13.6. The van der Waals surface area contributed by atoms with Crippen LogP contribution in [0.25, 0.3) is 0 Å². The Morgan fingerprint density at radius 3 is 2.53 bits per heavy atom. The fourth-order valence-electron chi connectivity index (χ4n) is 1.87. The second-order valence-corrected chi connectivity index (χ2v) is 4.79. The van der Waals surface area contributed by atoms with E-state index in [0.717, 1.165) is 11.4 Å². The Labute approximate surface area is 118 Å². The summed E-state index contributed by atoms with van der Waals surface area (Å²) in [6.07, 6.45) is 0. The molecule has 0 aliphatic heterocycles. The van der Waals surface area contributed by atoms with Gasteiger partial charge in [0.1, 0.15) is 5.82 Å². The molecule has 0 saturated carbocycles. The molecule has 0 aliphatic rings. The van der Waals surface area contributed by atoms with E-state index in [-0.39, 0.29) is 5.54 Å². The number of halogens is 1. The molecule has 1 N–H and O–H groups in total. The molecule has 0 aliphatic carbocycles. The quantitative estimate of drug-likeness (QED) is 0.847. The summed E-state index contributed by atoms with van der Waals surface area (Å²) in [6, 6.07) is 15.7. The van der Waals surface area contributed by atoms with Gasteiger partial charge in [-0.3, -0.25) is 0 Å². The molecule has 1 unspecified atom stereocenters. The van der Waals surface area contributed by atoms with Crippen molar-refractivity contribution in [3.63, 3.8) is 0 Å². The van der Waals surface area contributed by atoms with E-state index >= 15 is 0 Å². The highest BCUT2D eigenvalue weighted by Gasteiger charge is 2.25. The van der Waals surface area contributed by atoms with E-state index in [0.29, 0.717) is 11.8 Å². The number of alkyl halides is 1. The Morgan fingerprint density at radius 1 is 1.16 bits per heavy atom. The summed E-state index contributed by atoms with van der Waals surface area (Å²) in [6.45, 7) is 2.05. The SMILES string of the molecule is COc1cccc(NC(C)(CCl)c2ccccc2)n1. The zero-order valence-corrected chi connectivity index (χ0v) is 11.8. The molecule has 1 atom stereocenters. The molecule has 19 heavy (non-hydrogen) atoms. The summed E-state index contributed by atoms with van der Waals surface area (Å²) in [7, 11) is 1.60. The van der Waals surface area contributed by atoms with Crippen molar-refractivity contribution in [1.82, 2.24) is 4.98 Å². The number of methoxy groups -OCH3 is 1. The zero-order valence-electron chi connectivity index (χ0n) is 11.1. The maximum Gasteiger partial charge on any atom is 0.214 e. The Kier molecular flexibility index (Phi) is 4.27. The van der Waals surface area contributed by atoms with Crippen LogP contribution in [0.4, 0.5) is 5.82 Å². The van der Waals surface area contributed by atoms with Gasteiger partial charge in [0, 0.05) is 11.9 Å². The smallest absolute Gasteiger partial charge is 0.214 e. The van der Waals surface area contributed by atoms with Gasteiger partial charge in [0.15, 0.2) is 0 Å². The molecule has 0 radical (unpaired) electrons. The van der Waals surface area contributed by atoms with Crippen molar-refractivity contribution < 1.29 is 4.74 Å². The molecular weight excluding hydrogens is 260 g/mol. The number of nitrogens with zero attached hydrogens (tertiary/aromatic N) is 1. The maximum atomic E-state index is 6.15. The van der Waals surface area contributed by atoms with Crippen LogP contribution in [-0.4, -0.2) is 18.0 Å². The van der Waals surface area contributed by atoms with E-state index in [1.54, 1.807) is 7.11 Å². The lowest BCUT2D eigenvalue weighted by atomic mass is 9.94. The highest BCUT2D eigenvalue weighted by molar-refractivity contribution is 6.18. The minimum atomic E-state index is -0.373. The van der Waals surface area contributed by atoms with Gasteiger partial charge in [0.25, 0.3) is 0 Å². The maximum absolute atomic E-state index is 6.15. The summed E-state index contributed by atoms with van der Waals surface area (Å²) in [5, 5.41) is 3.37. The summed E-state index contributed by atoms with van der Waals surface area (Å²) < 4.78 is 5.12.